The van der Waals surface area contributed by atoms with Gasteiger partial charge in [-0.15, -0.1) is 0 Å². The first-order valence-electron chi connectivity index (χ1n) is 21.6. The number of ether oxygens (including phenoxy) is 2. The molecule has 0 amide bonds. The van der Waals surface area contributed by atoms with E-state index in [0.29, 0.717) is 12.8 Å². The molecule has 0 spiro atoms. The normalized spacial score (nSPS) is 29.2. The number of fused-ring (bicyclic) bond motifs is 2. The van der Waals surface area contributed by atoms with Crippen molar-refractivity contribution in [3.63, 3.8) is 0 Å². The molecule has 2 bridgehead atoms. The molecule has 0 aromatic carbocycles. The minimum absolute atomic E-state index is 0.232. The van der Waals surface area contributed by atoms with Gasteiger partial charge in [-0.25, -0.2) is 4.39 Å². The molecule has 5 unspecified atom stereocenters. The molecule has 2 aliphatic carbocycles. The van der Waals surface area contributed by atoms with Crippen LogP contribution in [0.1, 0.15) is 167 Å². The summed E-state index contributed by atoms with van der Waals surface area (Å²) < 4.78 is 26.4. The average Bonchev–Trinajstić information content (AvgIpc) is 3.78. The maximum atomic E-state index is 15.2. The zero-order valence-electron chi connectivity index (χ0n) is 32.6. The van der Waals surface area contributed by atoms with Crippen LogP contribution < -0.4 is 0 Å². The minimum Gasteiger partial charge on any atom is -0.394 e. The van der Waals surface area contributed by atoms with Crippen LogP contribution in [0.3, 0.4) is 0 Å². The van der Waals surface area contributed by atoms with Crippen LogP contribution in [0.4, 0.5) is 4.39 Å². The number of allylic oxidation sites excluding steroid dienone is 3. The van der Waals surface area contributed by atoms with Crippen molar-refractivity contribution in [3.05, 3.63) is 24.1 Å². The van der Waals surface area contributed by atoms with Crippen molar-refractivity contribution in [1.82, 2.24) is 0 Å². The molecule has 0 aromatic rings. The minimum atomic E-state index is -1.60. The van der Waals surface area contributed by atoms with E-state index in [0.717, 1.165) is 62.7 Å². The van der Waals surface area contributed by atoms with Gasteiger partial charge < -0.3 is 40.1 Å². The van der Waals surface area contributed by atoms with Crippen molar-refractivity contribution in [2.45, 2.75) is 210 Å². The third kappa shape index (κ3) is 16.8. The van der Waals surface area contributed by atoms with Gasteiger partial charge in [-0.3, -0.25) is 0 Å². The fourth-order valence-corrected chi connectivity index (χ4v) is 8.61. The predicted molar refractivity (Wildman–Crippen MR) is 205 cm³/mol. The number of aliphatic hydroxyl groups is 6. The summed E-state index contributed by atoms with van der Waals surface area (Å²) in [4.78, 5) is 0. The second-order valence-corrected chi connectivity index (χ2v) is 16.5. The quantitative estimate of drug-likeness (QED) is 0.0309. The van der Waals surface area contributed by atoms with Crippen LogP contribution in [0.15, 0.2) is 24.1 Å². The van der Waals surface area contributed by atoms with Crippen LogP contribution in [-0.2, 0) is 9.47 Å². The first-order chi connectivity index (χ1) is 25.2. The highest BCUT2D eigenvalue weighted by molar-refractivity contribution is 5.09. The summed E-state index contributed by atoms with van der Waals surface area (Å²) in [6, 6.07) is 0. The second-order valence-electron chi connectivity index (χ2n) is 16.5. The second kappa shape index (κ2) is 26.8. The fraction of sp³-hybridized carbons (Fsp3) is 0.907. The van der Waals surface area contributed by atoms with E-state index in [9.17, 15) is 30.6 Å². The summed E-state index contributed by atoms with van der Waals surface area (Å²) in [5.74, 6) is 1.32. The maximum Gasteiger partial charge on any atom is 0.186 e. The molecule has 11 atom stereocenters. The van der Waals surface area contributed by atoms with Crippen molar-refractivity contribution in [1.29, 1.82) is 0 Å². The molecular formula is C43H77FO8. The van der Waals surface area contributed by atoms with Gasteiger partial charge in [0.15, 0.2) is 6.29 Å². The summed E-state index contributed by atoms with van der Waals surface area (Å²) in [5.41, 5.74) is 0. The molecular weight excluding hydrogens is 663 g/mol. The third-order valence-electron chi connectivity index (χ3n) is 12.0. The molecule has 1 heterocycles. The Labute approximate surface area is 315 Å². The molecule has 9 heteroatoms. The molecule has 2 fully saturated rings. The lowest BCUT2D eigenvalue weighted by Gasteiger charge is -2.40. The van der Waals surface area contributed by atoms with Gasteiger partial charge in [-0.05, 0) is 62.4 Å². The number of rotatable bonds is 31. The van der Waals surface area contributed by atoms with E-state index < -0.39 is 55.4 Å². The lowest BCUT2D eigenvalue weighted by atomic mass is 9.88. The van der Waals surface area contributed by atoms with E-state index in [-0.39, 0.29) is 18.9 Å². The number of aliphatic hydroxyl groups excluding tert-OH is 6. The van der Waals surface area contributed by atoms with E-state index in [4.69, 9.17) is 9.47 Å². The average molecular weight is 741 g/mol. The van der Waals surface area contributed by atoms with Crippen LogP contribution in [-0.4, -0.2) is 86.8 Å². The largest absolute Gasteiger partial charge is 0.394 e. The summed E-state index contributed by atoms with van der Waals surface area (Å²) in [7, 11) is 0. The van der Waals surface area contributed by atoms with Crippen molar-refractivity contribution in [3.8, 4) is 0 Å². The Morgan fingerprint density at radius 2 is 1.33 bits per heavy atom. The van der Waals surface area contributed by atoms with Crippen LogP contribution in [0.5, 0.6) is 0 Å². The van der Waals surface area contributed by atoms with E-state index >= 15 is 4.39 Å². The smallest absolute Gasteiger partial charge is 0.186 e. The standard InChI is InChI=1S/C43H77FO8/c1-2-3-4-5-6-7-8-9-10-15-18-21-24-37(46)39(47)35(31-51-43-42(50)41(49)40(48)38(30-45)52-43)29-36(44)23-20-17-14-12-11-13-16-19-22-33-27-32-25-26-34(33)28-32/h25-26,29,32-35,37-43,45-50H,2-24,27-28,30-31H2,1H3/b36-29+/t32-,33+,34-,35+,37-,38?,39+,40?,41?,42?,43?/m1/s1. The Morgan fingerprint density at radius 1 is 0.750 bits per heavy atom. The SMILES string of the molecule is CCCCCCCCCCCCCC[C@@H](O)[C@@H](O)[C@@H](/C=C(/F)CCCCCCCCCC[C@H]1C[C@H]2C=C[C@@H]1C2)COC1OC(CO)C(O)C(O)C1O. The Balaban J connectivity index is 1.35. The van der Waals surface area contributed by atoms with Crippen molar-refractivity contribution >= 4 is 0 Å². The molecule has 1 saturated heterocycles. The Morgan fingerprint density at radius 3 is 1.88 bits per heavy atom. The predicted octanol–water partition coefficient (Wildman–Crippen LogP) is 8.20. The molecule has 1 aliphatic heterocycles. The van der Waals surface area contributed by atoms with Crippen LogP contribution in [0.2, 0.25) is 0 Å². The van der Waals surface area contributed by atoms with Gasteiger partial charge in [0.1, 0.15) is 24.4 Å². The van der Waals surface area contributed by atoms with E-state index in [1.807, 2.05) is 0 Å². The molecule has 0 radical (unpaired) electrons. The maximum absolute atomic E-state index is 15.2. The van der Waals surface area contributed by atoms with Gasteiger partial charge in [0, 0.05) is 5.92 Å². The molecule has 6 N–H and O–H groups in total. The number of unbranched alkanes of at least 4 members (excludes halogenated alkanes) is 18. The zero-order chi connectivity index (χ0) is 37.6. The van der Waals surface area contributed by atoms with Crippen molar-refractivity contribution in [2.24, 2.45) is 23.7 Å². The van der Waals surface area contributed by atoms with E-state index in [2.05, 4.69) is 19.1 Å². The Kier molecular flexibility index (Phi) is 23.5. The molecule has 0 aromatic heterocycles. The molecule has 8 nitrogen and oxygen atoms in total. The van der Waals surface area contributed by atoms with E-state index in [1.54, 1.807) is 0 Å². The number of hydrogen-bond donors (Lipinski definition) is 6. The van der Waals surface area contributed by atoms with Gasteiger partial charge in [0.2, 0.25) is 0 Å². The van der Waals surface area contributed by atoms with Gasteiger partial charge in [0.25, 0.3) is 0 Å². The van der Waals surface area contributed by atoms with E-state index in [1.165, 1.54) is 102 Å². The Hall–Kier alpha value is -0.910. The first-order valence-corrected chi connectivity index (χ1v) is 21.6. The lowest BCUT2D eigenvalue weighted by molar-refractivity contribution is -0.303. The third-order valence-corrected chi connectivity index (χ3v) is 12.0. The van der Waals surface area contributed by atoms with Crippen molar-refractivity contribution in [2.75, 3.05) is 13.2 Å². The van der Waals surface area contributed by atoms with Gasteiger partial charge in [-0.2, -0.15) is 0 Å². The topological polar surface area (TPSA) is 140 Å². The fourth-order valence-electron chi connectivity index (χ4n) is 8.61. The zero-order valence-corrected chi connectivity index (χ0v) is 32.6. The highest BCUT2D eigenvalue weighted by Crippen LogP contribution is 2.45. The van der Waals surface area contributed by atoms with Crippen LogP contribution in [0, 0.1) is 23.7 Å². The lowest BCUT2D eigenvalue weighted by Crippen LogP contribution is -2.59. The van der Waals surface area contributed by atoms with Crippen LogP contribution in [0.25, 0.3) is 0 Å². The van der Waals surface area contributed by atoms with Gasteiger partial charge in [-0.1, -0.05) is 141 Å². The van der Waals surface area contributed by atoms with Crippen LogP contribution >= 0.6 is 0 Å². The number of halogens is 1. The summed E-state index contributed by atoms with van der Waals surface area (Å²) in [6.45, 7) is 1.36. The molecule has 3 aliphatic rings. The summed E-state index contributed by atoms with van der Waals surface area (Å²) >= 11 is 0. The highest BCUT2D eigenvalue weighted by Gasteiger charge is 2.44. The van der Waals surface area contributed by atoms with Gasteiger partial charge >= 0.3 is 0 Å². The first kappa shape index (κ1) is 45.5. The monoisotopic (exact) mass is 741 g/mol. The molecule has 52 heavy (non-hydrogen) atoms. The highest BCUT2D eigenvalue weighted by atomic mass is 19.1. The summed E-state index contributed by atoms with van der Waals surface area (Å²) in [6.07, 6.45) is 24.6. The Bertz CT molecular complexity index is 961. The summed E-state index contributed by atoms with van der Waals surface area (Å²) in [5, 5.41) is 62.2. The molecule has 304 valence electrons. The van der Waals surface area contributed by atoms with Crippen molar-refractivity contribution < 1.29 is 44.5 Å². The number of hydrogen-bond acceptors (Lipinski definition) is 8. The molecule has 1 saturated carbocycles. The van der Waals surface area contributed by atoms with Gasteiger partial charge in [0.05, 0.1) is 31.2 Å². The molecule has 3 rings (SSSR count).